The SMILES string of the molecule is CCS(CC)(CC)OC1(COC2=CCCC(F)=C2F)CC1. The van der Waals surface area contributed by atoms with E-state index in [2.05, 4.69) is 20.8 Å². The van der Waals surface area contributed by atoms with Crippen LogP contribution in [0.25, 0.3) is 0 Å². The summed E-state index contributed by atoms with van der Waals surface area (Å²) < 4.78 is 38.9. The highest BCUT2D eigenvalue weighted by atomic mass is 32.3. The molecule has 1 fully saturated rings. The fourth-order valence-electron chi connectivity index (χ4n) is 2.55. The molecule has 2 nitrogen and oxygen atoms in total. The van der Waals surface area contributed by atoms with Gasteiger partial charge in [-0.1, -0.05) is 20.8 Å². The monoisotopic (exact) mass is 320 g/mol. The molecular formula is C16H26F2O2S. The van der Waals surface area contributed by atoms with Crippen molar-refractivity contribution < 1.29 is 17.7 Å². The molecule has 0 unspecified atom stereocenters. The summed E-state index contributed by atoms with van der Waals surface area (Å²) in [7, 11) is -1.06. The highest BCUT2D eigenvalue weighted by Crippen LogP contribution is 2.57. The van der Waals surface area contributed by atoms with E-state index in [9.17, 15) is 8.78 Å². The van der Waals surface area contributed by atoms with Crippen LogP contribution >= 0.6 is 10.3 Å². The fraction of sp³-hybridized carbons (Fsp3) is 0.750. The second-order valence-electron chi connectivity index (χ2n) is 5.71. The van der Waals surface area contributed by atoms with Gasteiger partial charge in [-0.25, -0.2) is 8.78 Å². The van der Waals surface area contributed by atoms with Crippen LogP contribution in [0.1, 0.15) is 46.5 Å². The van der Waals surface area contributed by atoms with Gasteiger partial charge in [0.1, 0.15) is 18.0 Å². The number of rotatable bonds is 8. The van der Waals surface area contributed by atoms with Crippen LogP contribution in [0.4, 0.5) is 8.78 Å². The molecular weight excluding hydrogens is 294 g/mol. The predicted molar refractivity (Wildman–Crippen MR) is 84.8 cm³/mol. The second-order valence-corrected chi connectivity index (χ2v) is 9.54. The molecule has 122 valence electrons. The highest BCUT2D eigenvalue weighted by molar-refractivity contribution is 8.29. The third-order valence-electron chi connectivity index (χ3n) is 4.38. The van der Waals surface area contributed by atoms with Crippen molar-refractivity contribution in [3.8, 4) is 0 Å². The van der Waals surface area contributed by atoms with Crippen molar-refractivity contribution in [3.05, 3.63) is 23.5 Å². The summed E-state index contributed by atoms with van der Waals surface area (Å²) in [5.41, 5.74) is -0.271. The largest absolute Gasteiger partial charge is 0.488 e. The molecule has 0 saturated heterocycles. The molecule has 1 saturated carbocycles. The quantitative estimate of drug-likeness (QED) is 0.615. The molecule has 0 aliphatic heterocycles. The van der Waals surface area contributed by atoms with Crippen molar-refractivity contribution in [2.45, 2.75) is 52.1 Å². The van der Waals surface area contributed by atoms with Gasteiger partial charge in [0.25, 0.3) is 0 Å². The Hall–Kier alpha value is -0.550. The van der Waals surface area contributed by atoms with Gasteiger partial charge < -0.3 is 8.92 Å². The summed E-state index contributed by atoms with van der Waals surface area (Å²) in [6.07, 6.45) is 4.16. The molecule has 0 radical (unpaired) electrons. The van der Waals surface area contributed by atoms with Crippen molar-refractivity contribution in [1.82, 2.24) is 0 Å². The van der Waals surface area contributed by atoms with Gasteiger partial charge in [0.05, 0.1) is 0 Å². The first kappa shape index (κ1) is 16.8. The Bertz CT molecular complexity index is 429. The van der Waals surface area contributed by atoms with E-state index in [4.69, 9.17) is 8.92 Å². The third kappa shape index (κ3) is 3.81. The maximum atomic E-state index is 13.6. The molecule has 0 spiro atoms. The lowest BCUT2D eigenvalue weighted by atomic mass is 10.1. The van der Waals surface area contributed by atoms with E-state index in [-0.39, 0.29) is 17.8 Å². The zero-order chi connectivity index (χ0) is 15.5. The lowest BCUT2D eigenvalue weighted by Crippen LogP contribution is -2.27. The molecule has 0 aromatic rings. The molecule has 5 heteroatoms. The molecule has 0 N–H and O–H groups in total. The Balaban J connectivity index is 1.95. The fourth-order valence-corrected chi connectivity index (χ4v) is 5.09. The van der Waals surface area contributed by atoms with Crippen LogP contribution in [-0.4, -0.2) is 29.5 Å². The van der Waals surface area contributed by atoms with Crippen molar-refractivity contribution in [3.63, 3.8) is 0 Å². The van der Waals surface area contributed by atoms with Crippen molar-refractivity contribution in [2.75, 3.05) is 23.9 Å². The van der Waals surface area contributed by atoms with Crippen LogP contribution in [-0.2, 0) is 8.92 Å². The van der Waals surface area contributed by atoms with Crippen LogP contribution in [0.3, 0.4) is 0 Å². The minimum Gasteiger partial charge on any atom is -0.488 e. The van der Waals surface area contributed by atoms with Gasteiger partial charge in [-0.15, -0.1) is 10.3 Å². The van der Waals surface area contributed by atoms with Crippen LogP contribution in [0.2, 0.25) is 0 Å². The molecule has 0 aromatic heterocycles. The lowest BCUT2D eigenvalue weighted by molar-refractivity contribution is 0.0797. The van der Waals surface area contributed by atoms with Gasteiger partial charge in [-0.3, -0.25) is 0 Å². The minimum atomic E-state index is -1.06. The summed E-state index contributed by atoms with van der Waals surface area (Å²) in [5.74, 6) is 1.62. The third-order valence-corrected chi connectivity index (χ3v) is 8.24. The van der Waals surface area contributed by atoms with E-state index >= 15 is 0 Å². The van der Waals surface area contributed by atoms with Gasteiger partial charge in [0.2, 0.25) is 0 Å². The summed E-state index contributed by atoms with van der Waals surface area (Å²) >= 11 is 0. The maximum absolute atomic E-state index is 13.6. The van der Waals surface area contributed by atoms with Crippen molar-refractivity contribution in [1.29, 1.82) is 0 Å². The summed E-state index contributed by atoms with van der Waals surface area (Å²) in [4.78, 5) is 0. The molecule has 0 bridgehead atoms. The Morgan fingerprint density at radius 1 is 1.14 bits per heavy atom. The van der Waals surface area contributed by atoms with Gasteiger partial charge >= 0.3 is 0 Å². The molecule has 2 aliphatic carbocycles. The van der Waals surface area contributed by atoms with Gasteiger partial charge in [0.15, 0.2) is 11.6 Å². The molecule has 2 rings (SSSR count). The average Bonchev–Trinajstić information content (AvgIpc) is 3.27. The number of hydrogen-bond acceptors (Lipinski definition) is 2. The number of allylic oxidation sites excluding steroid dienone is 3. The zero-order valence-corrected chi connectivity index (χ0v) is 14.0. The molecule has 0 amide bonds. The maximum Gasteiger partial charge on any atom is 0.196 e. The van der Waals surface area contributed by atoms with Crippen LogP contribution in [0.5, 0.6) is 0 Å². The Morgan fingerprint density at radius 2 is 1.76 bits per heavy atom. The number of hydrogen-bond donors (Lipinski definition) is 0. The summed E-state index contributed by atoms with van der Waals surface area (Å²) in [5, 5.41) is 0. The first-order chi connectivity index (χ1) is 10.00. The lowest BCUT2D eigenvalue weighted by Gasteiger charge is -2.40. The van der Waals surface area contributed by atoms with Crippen LogP contribution < -0.4 is 0 Å². The van der Waals surface area contributed by atoms with Gasteiger partial charge in [-0.2, -0.15) is 0 Å². The Morgan fingerprint density at radius 3 is 2.29 bits per heavy atom. The van der Waals surface area contributed by atoms with E-state index in [1.807, 2.05) is 0 Å². The number of halogens is 2. The smallest absolute Gasteiger partial charge is 0.196 e. The minimum absolute atomic E-state index is 0.0544. The first-order valence-electron chi connectivity index (χ1n) is 7.84. The molecule has 0 atom stereocenters. The first-order valence-corrected chi connectivity index (χ1v) is 9.91. The number of ether oxygens (including phenoxy) is 1. The van der Waals surface area contributed by atoms with Crippen LogP contribution in [0.15, 0.2) is 23.5 Å². The van der Waals surface area contributed by atoms with Crippen LogP contribution in [0, 0.1) is 0 Å². The average molecular weight is 320 g/mol. The second kappa shape index (κ2) is 6.69. The Kier molecular flexibility index (Phi) is 5.36. The normalized spacial score (nSPS) is 22.0. The van der Waals surface area contributed by atoms with E-state index in [1.54, 1.807) is 6.08 Å². The molecule has 0 aromatic carbocycles. The van der Waals surface area contributed by atoms with Crippen molar-refractivity contribution >= 4 is 10.3 Å². The highest BCUT2D eigenvalue weighted by Gasteiger charge is 2.49. The summed E-state index contributed by atoms with van der Waals surface area (Å²) in [6, 6.07) is 0. The van der Waals surface area contributed by atoms with Gasteiger partial charge in [0, 0.05) is 6.42 Å². The molecule has 21 heavy (non-hydrogen) atoms. The summed E-state index contributed by atoms with van der Waals surface area (Å²) in [6.45, 7) is 6.83. The van der Waals surface area contributed by atoms with E-state index in [0.717, 1.165) is 30.1 Å². The topological polar surface area (TPSA) is 18.5 Å². The zero-order valence-electron chi connectivity index (χ0n) is 13.2. The van der Waals surface area contributed by atoms with E-state index in [1.165, 1.54) is 0 Å². The standard InChI is InChI=1S/C16H26F2O2S/c1-4-21(5-2,6-3)20-16(10-11-16)12-19-14-9-7-8-13(17)15(14)18/h9H,4-8,10-12H2,1-3H3. The van der Waals surface area contributed by atoms with E-state index in [0.29, 0.717) is 13.0 Å². The van der Waals surface area contributed by atoms with Crippen molar-refractivity contribution in [2.24, 2.45) is 0 Å². The van der Waals surface area contributed by atoms with Gasteiger partial charge in [-0.05, 0) is 42.6 Å². The Labute approximate surface area is 128 Å². The predicted octanol–water partition coefficient (Wildman–Crippen LogP) is 5.16. The molecule has 2 aliphatic rings. The molecule has 0 heterocycles. The van der Waals surface area contributed by atoms with E-state index < -0.39 is 22.0 Å².